The van der Waals surface area contributed by atoms with Crippen molar-refractivity contribution in [3.63, 3.8) is 0 Å². The lowest BCUT2D eigenvalue weighted by Gasteiger charge is -2.22. The highest BCUT2D eigenvalue weighted by atomic mass is 32.2. The fourth-order valence-electron chi connectivity index (χ4n) is 1.77. The van der Waals surface area contributed by atoms with Crippen molar-refractivity contribution in [2.24, 2.45) is 0 Å². The highest BCUT2D eigenvalue weighted by molar-refractivity contribution is 7.89. The third-order valence-electron chi connectivity index (χ3n) is 2.77. The maximum Gasteiger partial charge on any atom is 0.407 e. The largest absolute Gasteiger partial charge is 0.465 e. The van der Waals surface area contributed by atoms with Gasteiger partial charge in [-0.1, -0.05) is 18.2 Å². The van der Waals surface area contributed by atoms with Gasteiger partial charge in [0.15, 0.2) is 0 Å². The maximum absolute atomic E-state index is 12.4. The lowest BCUT2D eigenvalue weighted by molar-refractivity contribution is -0.144. The van der Waals surface area contributed by atoms with Crippen molar-refractivity contribution in [3.05, 3.63) is 30.3 Å². The van der Waals surface area contributed by atoms with Gasteiger partial charge in [-0.25, -0.2) is 13.2 Å². The van der Waals surface area contributed by atoms with Crippen LogP contribution in [0.4, 0.5) is 4.79 Å². The molecule has 0 heterocycles. The molecule has 1 amide bonds. The van der Waals surface area contributed by atoms with Gasteiger partial charge in [0.05, 0.1) is 11.5 Å². The molecular weight excluding hydrogens is 348 g/mol. The van der Waals surface area contributed by atoms with E-state index in [2.05, 4.69) is 10.0 Å². The number of carbonyl (C=O) groups is 2. The van der Waals surface area contributed by atoms with Crippen LogP contribution in [-0.4, -0.2) is 45.3 Å². The lowest BCUT2D eigenvalue weighted by Crippen LogP contribution is -2.49. The first-order chi connectivity index (χ1) is 11.5. The minimum absolute atomic E-state index is 0.00145. The topological polar surface area (TPSA) is 111 Å². The zero-order chi connectivity index (χ0) is 19.1. The number of sulfonamides is 1. The van der Waals surface area contributed by atoms with Gasteiger partial charge >= 0.3 is 12.1 Å². The Hall–Kier alpha value is -2.13. The van der Waals surface area contributed by atoms with E-state index in [9.17, 15) is 18.0 Å². The van der Waals surface area contributed by atoms with Crippen molar-refractivity contribution < 1.29 is 27.5 Å². The highest BCUT2D eigenvalue weighted by Gasteiger charge is 2.28. The predicted octanol–water partition coefficient (Wildman–Crippen LogP) is 1.42. The summed E-state index contributed by atoms with van der Waals surface area (Å²) < 4.78 is 36.9. The first-order valence-corrected chi connectivity index (χ1v) is 9.24. The Morgan fingerprint density at radius 2 is 1.76 bits per heavy atom. The molecule has 0 aliphatic heterocycles. The fourth-order valence-corrected chi connectivity index (χ4v) is 2.98. The van der Waals surface area contributed by atoms with Gasteiger partial charge in [-0.2, -0.15) is 4.72 Å². The molecular formula is C16H24N2O6S. The fraction of sp³-hybridized carbons (Fsp3) is 0.500. The number of ether oxygens (including phenoxy) is 2. The molecule has 1 rings (SSSR count). The van der Waals surface area contributed by atoms with Crippen molar-refractivity contribution in [1.29, 1.82) is 0 Å². The summed E-state index contributed by atoms with van der Waals surface area (Å²) in [6.45, 7) is 6.44. The standard InChI is InChI=1S/C16H24N2O6S/c1-5-23-14(19)13(11-17-15(20)24-16(2,3)4)18-25(21,22)12-9-7-6-8-10-12/h6-10,13,18H,5,11H2,1-4H3,(H,17,20)/t13-/m0/s1. The van der Waals surface area contributed by atoms with Crippen LogP contribution in [0, 0.1) is 0 Å². The van der Waals surface area contributed by atoms with Crippen molar-refractivity contribution in [2.45, 2.75) is 44.2 Å². The van der Waals surface area contributed by atoms with Gasteiger partial charge < -0.3 is 14.8 Å². The van der Waals surface area contributed by atoms with E-state index in [-0.39, 0.29) is 18.0 Å². The second-order valence-electron chi connectivity index (χ2n) is 6.12. The Morgan fingerprint density at radius 3 is 2.28 bits per heavy atom. The quantitative estimate of drug-likeness (QED) is 0.700. The molecule has 25 heavy (non-hydrogen) atoms. The Labute approximate surface area is 147 Å². The average Bonchev–Trinajstić information content (AvgIpc) is 2.50. The Balaban J connectivity index is 2.84. The number of carbonyl (C=O) groups excluding carboxylic acids is 2. The molecule has 2 N–H and O–H groups in total. The summed E-state index contributed by atoms with van der Waals surface area (Å²) >= 11 is 0. The van der Waals surface area contributed by atoms with E-state index < -0.39 is 33.7 Å². The van der Waals surface area contributed by atoms with E-state index in [1.807, 2.05) is 0 Å². The smallest absolute Gasteiger partial charge is 0.407 e. The monoisotopic (exact) mass is 372 g/mol. The van der Waals surface area contributed by atoms with Gasteiger partial charge in [0.25, 0.3) is 0 Å². The number of benzene rings is 1. The van der Waals surface area contributed by atoms with E-state index >= 15 is 0 Å². The van der Waals surface area contributed by atoms with Gasteiger partial charge in [-0.05, 0) is 39.8 Å². The van der Waals surface area contributed by atoms with E-state index in [0.29, 0.717) is 0 Å². The molecule has 0 aliphatic carbocycles. The summed E-state index contributed by atoms with van der Waals surface area (Å²) in [4.78, 5) is 23.7. The van der Waals surface area contributed by atoms with E-state index in [1.165, 1.54) is 12.1 Å². The van der Waals surface area contributed by atoms with Crippen molar-refractivity contribution in [3.8, 4) is 0 Å². The molecule has 0 unspecified atom stereocenters. The summed E-state index contributed by atoms with van der Waals surface area (Å²) in [5.41, 5.74) is -0.715. The molecule has 0 saturated carbocycles. The summed E-state index contributed by atoms with van der Waals surface area (Å²) in [6.07, 6.45) is -0.763. The Kier molecular flexibility index (Phi) is 7.38. The summed E-state index contributed by atoms with van der Waals surface area (Å²) in [5.74, 6) is -0.793. The van der Waals surface area contributed by atoms with Crippen molar-refractivity contribution >= 4 is 22.1 Å². The van der Waals surface area contributed by atoms with Crippen LogP contribution in [0.25, 0.3) is 0 Å². The third kappa shape index (κ3) is 7.53. The molecule has 1 aromatic carbocycles. The zero-order valence-corrected chi connectivity index (χ0v) is 15.6. The zero-order valence-electron chi connectivity index (χ0n) is 14.7. The molecule has 0 radical (unpaired) electrons. The maximum atomic E-state index is 12.4. The molecule has 0 fully saturated rings. The first kappa shape index (κ1) is 20.9. The van der Waals surface area contributed by atoms with Gasteiger partial charge in [-0.15, -0.1) is 0 Å². The molecule has 8 nitrogen and oxygen atoms in total. The van der Waals surface area contributed by atoms with Crippen LogP contribution in [0.3, 0.4) is 0 Å². The molecule has 0 aliphatic rings. The summed E-state index contributed by atoms with van der Waals surface area (Å²) in [5, 5.41) is 2.36. The Bertz CT molecular complexity index is 682. The van der Waals surface area contributed by atoms with Crippen LogP contribution in [0.2, 0.25) is 0 Å². The van der Waals surface area contributed by atoms with Crippen LogP contribution in [0.1, 0.15) is 27.7 Å². The van der Waals surface area contributed by atoms with Crippen molar-refractivity contribution in [2.75, 3.05) is 13.2 Å². The number of esters is 1. The third-order valence-corrected chi connectivity index (χ3v) is 4.26. The number of hydrogen-bond donors (Lipinski definition) is 2. The van der Waals surface area contributed by atoms with Crippen LogP contribution in [0.15, 0.2) is 35.2 Å². The second kappa shape index (κ2) is 8.82. The molecule has 0 aromatic heterocycles. The molecule has 1 aromatic rings. The van der Waals surface area contributed by atoms with E-state index in [1.54, 1.807) is 45.9 Å². The molecule has 9 heteroatoms. The number of rotatable bonds is 7. The van der Waals surface area contributed by atoms with Crippen LogP contribution in [-0.2, 0) is 24.3 Å². The van der Waals surface area contributed by atoms with Crippen LogP contribution < -0.4 is 10.0 Å². The Morgan fingerprint density at radius 1 is 1.16 bits per heavy atom. The van der Waals surface area contributed by atoms with Gasteiger partial charge in [0.1, 0.15) is 11.6 Å². The number of nitrogens with one attached hydrogen (secondary N) is 2. The average molecular weight is 372 g/mol. The van der Waals surface area contributed by atoms with Gasteiger partial charge in [-0.3, -0.25) is 4.79 Å². The molecule has 1 atom stereocenters. The van der Waals surface area contributed by atoms with Crippen LogP contribution in [0.5, 0.6) is 0 Å². The molecule has 140 valence electrons. The molecule has 0 bridgehead atoms. The summed E-state index contributed by atoms with van der Waals surface area (Å²) in [7, 11) is -3.95. The van der Waals surface area contributed by atoms with Crippen molar-refractivity contribution in [1.82, 2.24) is 10.0 Å². The molecule has 0 spiro atoms. The van der Waals surface area contributed by atoms with E-state index in [4.69, 9.17) is 9.47 Å². The van der Waals surface area contributed by atoms with E-state index in [0.717, 1.165) is 0 Å². The normalized spacial score (nSPS) is 13.0. The number of hydrogen-bond acceptors (Lipinski definition) is 6. The second-order valence-corrected chi connectivity index (χ2v) is 7.84. The molecule has 0 saturated heterocycles. The number of alkyl carbamates (subject to hydrolysis) is 1. The first-order valence-electron chi connectivity index (χ1n) is 7.76. The van der Waals surface area contributed by atoms with Gasteiger partial charge in [0.2, 0.25) is 10.0 Å². The minimum Gasteiger partial charge on any atom is -0.465 e. The number of amides is 1. The van der Waals surface area contributed by atoms with Crippen LogP contribution >= 0.6 is 0 Å². The lowest BCUT2D eigenvalue weighted by atomic mass is 10.2. The summed E-state index contributed by atoms with van der Waals surface area (Å²) in [6, 6.07) is 6.31. The highest BCUT2D eigenvalue weighted by Crippen LogP contribution is 2.09. The SMILES string of the molecule is CCOC(=O)[C@H](CNC(=O)OC(C)(C)C)NS(=O)(=O)c1ccccc1. The van der Waals surface area contributed by atoms with Gasteiger partial charge in [0, 0.05) is 6.54 Å². The predicted molar refractivity (Wildman–Crippen MR) is 91.4 cm³/mol. The minimum atomic E-state index is -3.95.